The Kier molecular flexibility index (Phi) is 56.6. The average Bonchev–Trinajstić information content (AvgIpc) is 0.785. The van der Waals surface area contributed by atoms with Gasteiger partial charge in [0, 0.05) is 6.42 Å². The Hall–Kier alpha value is -1.21. The molecule has 17 unspecified atom stereocenters. The van der Waals surface area contributed by atoms with E-state index in [1.807, 2.05) is 0 Å². The first-order valence-electron chi connectivity index (χ1n) is 41.3. The van der Waals surface area contributed by atoms with Crippen LogP contribution < -0.4 is 5.32 Å². The smallest absolute Gasteiger partial charge is 0.220 e. The molecule has 0 bridgehead atoms. The molecule has 98 heavy (non-hydrogen) atoms. The van der Waals surface area contributed by atoms with Crippen molar-refractivity contribution in [3.8, 4) is 0 Å². The van der Waals surface area contributed by atoms with Crippen molar-refractivity contribution in [2.24, 2.45) is 0 Å². The van der Waals surface area contributed by atoms with E-state index in [0.717, 1.165) is 44.9 Å². The standard InChI is InChI=1S/C79H153NO18/c1-3-5-7-9-11-13-15-17-19-20-21-22-23-24-25-26-27-28-29-30-31-32-33-34-35-36-37-38-39-40-41-42-43-45-47-49-51-53-55-57-67(85)80-62(63(84)56-54-52-50-48-46-44-18-16-14-12-10-8-6-4-2)61-93-77-73(91)70(88)75(65(59-82)95-77)98-79-74(92)71(89)76(66(60-83)96-79)97-78-72(90)69(87)68(86)64(58-81)94-78/h62-66,68-79,81-84,86-92H,3-61H2,1-2H3,(H,80,85). The van der Waals surface area contributed by atoms with Gasteiger partial charge in [0.1, 0.15) is 73.2 Å². The van der Waals surface area contributed by atoms with Gasteiger partial charge in [-0.2, -0.15) is 0 Å². The monoisotopic (exact) mass is 1400 g/mol. The largest absolute Gasteiger partial charge is 0.394 e. The second-order valence-corrected chi connectivity index (χ2v) is 30.0. The summed E-state index contributed by atoms with van der Waals surface area (Å²) in [7, 11) is 0. The third kappa shape index (κ3) is 40.9. The molecule has 0 saturated carbocycles. The van der Waals surface area contributed by atoms with Crippen LogP contribution in [-0.4, -0.2) is 193 Å². The first-order valence-corrected chi connectivity index (χ1v) is 41.3. The SMILES string of the molecule is CCCCCCCCCCCCCCCCCCCCCCCCCCCCCCCCCCCCCCCCCC(=O)NC(COC1OC(CO)C(OC2OC(CO)C(OC3OC(CO)C(O)C(O)C3O)C(O)C2O)C(O)C1O)C(O)CCCCCCCCCCCCCCCC. The van der Waals surface area contributed by atoms with E-state index in [1.54, 1.807) is 0 Å². The molecule has 19 nitrogen and oxygen atoms in total. The number of aliphatic hydroxyl groups is 11. The predicted molar refractivity (Wildman–Crippen MR) is 388 cm³/mol. The molecule has 17 atom stereocenters. The van der Waals surface area contributed by atoms with E-state index in [1.165, 1.54) is 289 Å². The number of aliphatic hydroxyl groups excluding tert-OH is 11. The minimum atomic E-state index is -1.97. The molecule has 1 amide bonds. The Bertz CT molecular complexity index is 1770. The van der Waals surface area contributed by atoms with E-state index in [0.29, 0.717) is 12.8 Å². The third-order valence-corrected chi connectivity index (χ3v) is 21.2. The highest BCUT2D eigenvalue weighted by Crippen LogP contribution is 2.33. The zero-order valence-corrected chi connectivity index (χ0v) is 62.3. The number of hydrogen-bond donors (Lipinski definition) is 12. The summed E-state index contributed by atoms with van der Waals surface area (Å²) < 4.78 is 34.5. The van der Waals surface area contributed by atoms with Gasteiger partial charge >= 0.3 is 0 Å². The van der Waals surface area contributed by atoms with Crippen LogP contribution in [0, 0.1) is 0 Å². The summed E-state index contributed by atoms with van der Waals surface area (Å²) in [6, 6.07) is -0.882. The number of ether oxygens (including phenoxy) is 6. The molecule has 0 aliphatic carbocycles. The molecule has 3 aliphatic heterocycles. The second-order valence-electron chi connectivity index (χ2n) is 30.0. The van der Waals surface area contributed by atoms with Crippen molar-refractivity contribution < 1.29 is 89.4 Å². The van der Waals surface area contributed by atoms with Crippen molar-refractivity contribution in [1.29, 1.82) is 0 Å². The van der Waals surface area contributed by atoms with Crippen LogP contribution in [0.15, 0.2) is 0 Å². The van der Waals surface area contributed by atoms with Gasteiger partial charge in [0.15, 0.2) is 18.9 Å². The zero-order chi connectivity index (χ0) is 71.1. The highest BCUT2D eigenvalue weighted by Gasteiger charge is 2.54. The highest BCUT2D eigenvalue weighted by molar-refractivity contribution is 5.76. The van der Waals surface area contributed by atoms with E-state index < -0.39 is 124 Å². The van der Waals surface area contributed by atoms with Crippen LogP contribution in [-0.2, 0) is 33.2 Å². The van der Waals surface area contributed by atoms with Gasteiger partial charge in [-0.05, 0) is 12.8 Å². The molecule has 19 heteroatoms. The summed E-state index contributed by atoms with van der Waals surface area (Å²) in [5.41, 5.74) is 0. The second kappa shape index (κ2) is 61.0. The van der Waals surface area contributed by atoms with Gasteiger partial charge in [0.05, 0.1) is 38.6 Å². The Morgan fingerprint density at radius 1 is 0.327 bits per heavy atom. The van der Waals surface area contributed by atoms with E-state index in [4.69, 9.17) is 28.4 Å². The van der Waals surface area contributed by atoms with Crippen molar-refractivity contribution >= 4 is 5.91 Å². The van der Waals surface area contributed by atoms with E-state index in [-0.39, 0.29) is 18.9 Å². The van der Waals surface area contributed by atoms with Gasteiger partial charge in [-0.15, -0.1) is 0 Å². The molecular weight excluding hydrogens is 1250 g/mol. The van der Waals surface area contributed by atoms with E-state index >= 15 is 0 Å². The quantitative estimate of drug-likeness (QED) is 0.0252. The number of carbonyl (C=O) groups excluding carboxylic acids is 1. The molecule has 3 rings (SSSR count). The lowest BCUT2D eigenvalue weighted by molar-refractivity contribution is -0.379. The Labute approximate surface area is 595 Å². The Balaban J connectivity index is 1.27. The third-order valence-electron chi connectivity index (χ3n) is 21.2. The topological polar surface area (TPSA) is 307 Å². The maximum Gasteiger partial charge on any atom is 0.220 e. The van der Waals surface area contributed by atoms with Crippen molar-refractivity contribution in [2.45, 2.75) is 471 Å². The van der Waals surface area contributed by atoms with Crippen LogP contribution in [0.4, 0.5) is 0 Å². The molecule has 0 aromatic rings. The molecule has 0 radical (unpaired) electrons. The van der Waals surface area contributed by atoms with Crippen LogP contribution in [0.3, 0.4) is 0 Å². The summed E-state index contributed by atoms with van der Waals surface area (Å²) in [4.78, 5) is 13.5. The fraction of sp³-hybridized carbons (Fsp3) is 0.987. The van der Waals surface area contributed by atoms with Gasteiger partial charge in [-0.3, -0.25) is 4.79 Å². The molecule has 582 valence electrons. The molecule has 3 aliphatic rings. The number of carbonyl (C=O) groups is 1. The normalized spacial score (nSPS) is 26.6. The average molecular weight is 1410 g/mol. The summed E-state index contributed by atoms with van der Waals surface area (Å²) in [5.74, 6) is -0.234. The van der Waals surface area contributed by atoms with Crippen molar-refractivity contribution in [3.63, 3.8) is 0 Å². The van der Waals surface area contributed by atoms with Crippen LogP contribution in [0.25, 0.3) is 0 Å². The number of hydrogen-bond acceptors (Lipinski definition) is 18. The Morgan fingerprint density at radius 3 is 0.888 bits per heavy atom. The van der Waals surface area contributed by atoms with Gasteiger partial charge in [-0.25, -0.2) is 0 Å². The fourth-order valence-corrected chi connectivity index (χ4v) is 14.6. The molecular formula is C79H153NO18. The first kappa shape index (κ1) is 91.0. The number of amides is 1. The molecule has 3 heterocycles. The molecule has 3 fully saturated rings. The summed E-state index contributed by atoms with van der Waals surface area (Å²) in [6.07, 6.45) is 43.8. The molecule has 0 spiro atoms. The van der Waals surface area contributed by atoms with Gasteiger partial charge in [-0.1, -0.05) is 348 Å². The lowest BCUT2D eigenvalue weighted by Crippen LogP contribution is -2.66. The van der Waals surface area contributed by atoms with Gasteiger partial charge < -0.3 is 89.9 Å². The number of rotatable bonds is 67. The first-order chi connectivity index (χ1) is 47.8. The van der Waals surface area contributed by atoms with Gasteiger partial charge in [0.2, 0.25) is 5.91 Å². The molecule has 12 N–H and O–H groups in total. The zero-order valence-electron chi connectivity index (χ0n) is 62.3. The van der Waals surface area contributed by atoms with Crippen molar-refractivity contribution in [3.05, 3.63) is 0 Å². The fourth-order valence-electron chi connectivity index (χ4n) is 14.6. The number of unbranched alkanes of at least 4 members (excludes halogenated alkanes) is 51. The highest BCUT2D eigenvalue weighted by atomic mass is 16.8. The van der Waals surface area contributed by atoms with Crippen molar-refractivity contribution in [1.82, 2.24) is 5.32 Å². The molecule has 3 saturated heterocycles. The van der Waals surface area contributed by atoms with Gasteiger partial charge in [0.25, 0.3) is 0 Å². The maximum absolute atomic E-state index is 13.5. The lowest BCUT2D eigenvalue weighted by Gasteiger charge is -2.48. The summed E-state index contributed by atoms with van der Waals surface area (Å²) in [6.45, 7) is 1.85. The van der Waals surface area contributed by atoms with Crippen molar-refractivity contribution in [2.75, 3.05) is 26.4 Å². The molecule has 0 aromatic carbocycles. The Morgan fingerprint density at radius 2 is 0.582 bits per heavy atom. The predicted octanol–water partition coefficient (Wildman–Crippen LogP) is 13.8. The van der Waals surface area contributed by atoms with Crippen LogP contribution in [0.2, 0.25) is 0 Å². The summed E-state index contributed by atoms with van der Waals surface area (Å²) in [5, 5.41) is 121. The van der Waals surface area contributed by atoms with Crippen LogP contribution in [0.5, 0.6) is 0 Å². The minimum Gasteiger partial charge on any atom is -0.394 e. The lowest BCUT2D eigenvalue weighted by atomic mass is 9.96. The van der Waals surface area contributed by atoms with Crippen LogP contribution >= 0.6 is 0 Å². The summed E-state index contributed by atoms with van der Waals surface area (Å²) >= 11 is 0. The molecule has 0 aromatic heterocycles. The maximum atomic E-state index is 13.5. The van der Waals surface area contributed by atoms with E-state index in [9.17, 15) is 61.0 Å². The van der Waals surface area contributed by atoms with E-state index in [2.05, 4.69) is 19.2 Å². The minimum absolute atomic E-state index is 0.234. The van der Waals surface area contributed by atoms with Crippen LogP contribution in [0.1, 0.15) is 367 Å². The number of nitrogens with one attached hydrogen (secondary N) is 1.